The van der Waals surface area contributed by atoms with Crippen molar-refractivity contribution in [3.05, 3.63) is 0 Å². The Morgan fingerprint density at radius 3 is 2.25 bits per heavy atom. The molecule has 0 spiro atoms. The fourth-order valence-corrected chi connectivity index (χ4v) is 4.13. The number of halogens is 2. The number of rotatable bonds is 4. The van der Waals surface area contributed by atoms with E-state index in [-0.39, 0.29) is 17.7 Å². The van der Waals surface area contributed by atoms with Crippen LogP contribution in [0.15, 0.2) is 0 Å². The maximum absolute atomic E-state index is 12.4. The van der Waals surface area contributed by atoms with Gasteiger partial charge in [0.1, 0.15) is 4.33 Å². The third-order valence-electron chi connectivity index (χ3n) is 4.24. The summed E-state index contributed by atoms with van der Waals surface area (Å²) < 4.78 is 24.7. The van der Waals surface area contributed by atoms with Gasteiger partial charge in [0.25, 0.3) is 0 Å². The molecule has 1 heterocycles. The molecule has 1 N–H and O–H groups in total. The van der Waals surface area contributed by atoms with Crippen molar-refractivity contribution < 1.29 is 13.2 Å². The number of carbonyl (C=O) groups excluding carboxylic acids is 1. The van der Waals surface area contributed by atoms with Gasteiger partial charge in [-0.25, -0.2) is 13.1 Å². The molecule has 0 bridgehead atoms. The molecule has 20 heavy (non-hydrogen) atoms. The molecule has 1 atom stereocenters. The summed E-state index contributed by atoms with van der Waals surface area (Å²) in [6.07, 6.45) is 1.72. The van der Waals surface area contributed by atoms with E-state index in [4.69, 9.17) is 23.2 Å². The van der Waals surface area contributed by atoms with Crippen molar-refractivity contribution >= 4 is 39.1 Å². The van der Waals surface area contributed by atoms with Crippen molar-refractivity contribution in [1.82, 2.24) is 9.62 Å². The van der Waals surface area contributed by atoms with E-state index in [0.29, 0.717) is 32.4 Å². The number of nitrogens with one attached hydrogen (secondary N) is 1. The summed E-state index contributed by atoms with van der Waals surface area (Å²) >= 11 is 12.0. The lowest BCUT2D eigenvalue weighted by atomic mass is 10.0. The van der Waals surface area contributed by atoms with Gasteiger partial charge in [-0.3, -0.25) is 4.79 Å². The molecule has 1 saturated carbocycles. The van der Waals surface area contributed by atoms with Crippen LogP contribution >= 0.6 is 23.2 Å². The molecule has 0 radical (unpaired) electrons. The van der Waals surface area contributed by atoms with E-state index in [9.17, 15) is 13.2 Å². The number of sulfonamides is 1. The van der Waals surface area contributed by atoms with E-state index < -0.39 is 19.8 Å². The van der Waals surface area contributed by atoms with Gasteiger partial charge in [-0.15, -0.1) is 23.2 Å². The van der Waals surface area contributed by atoms with Crippen LogP contribution in [0.2, 0.25) is 0 Å². The average molecular weight is 343 g/mol. The standard InChI is InChI=1S/C12H20Cl2N2O3S/c1-3-20(18,19)15-9-4-6-16(7-5-9)10(17)11(2)8-12(11,13)14/h9,15H,3-8H2,1-2H3/t11-/m1/s1. The number of hydrogen-bond acceptors (Lipinski definition) is 3. The Morgan fingerprint density at radius 1 is 1.35 bits per heavy atom. The number of piperidine rings is 1. The zero-order valence-corrected chi connectivity index (χ0v) is 14.0. The molecule has 1 aliphatic heterocycles. The maximum atomic E-state index is 12.4. The second kappa shape index (κ2) is 5.30. The Morgan fingerprint density at radius 2 is 1.85 bits per heavy atom. The minimum absolute atomic E-state index is 0.0284. The number of alkyl halides is 2. The van der Waals surface area contributed by atoms with E-state index in [2.05, 4.69) is 4.72 Å². The summed E-state index contributed by atoms with van der Waals surface area (Å²) in [5.41, 5.74) is -0.689. The molecule has 5 nitrogen and oxygen atoms in total. The van der Waals surface area contributed by atoms with Crippen LogP contribution in [0.5, 0.6) is 0 Å². The zero-order chi connectivity index (χ0) is 15.2. The molecular formula is C12H20Cl2N2O3S. The van der Waals surface area contributed by atoms with E-state index in [1.54, 1.807) is 18.7 Å². The van der Waals surface area contributed by atoms with Crippen molar-refractivity contribution in [3.63, 3.8) is 0 Å². The predicted octanol–water partition coefficient (Wildman–Crippen LogP) is 1.50. The number of nitrogens with zero attached hydrogens (tertiary/aromatic N) is 1. The third-order valence-corrected chi connectivity index (χ3v) is 6.79. The van der Waals surface area contributed by atoms with Gasteiger partial charge >= 0.3 is 0 Å². The van der Waals surface area contributed by atoms with Crippen LogP contribution in [0.1, 0.15) is 33.1 Å². The van der Waals surface area contributed by atoms with Crippen LogP contribution in [-0.4, -0.2) is 48.4 Å². The van der Waals surface area contributed by atoms with Crippen LogP contribution < -0.4 is 4.72 Å². The fraction of sp³-hybridized carbons (Fsp3) is 0.917. The Balaban J connectivity index is 1.88. The molecule has 1 saturated heterocycles. The Bertz CT molecular complexity index is 501. The van der Waals surface area contributed by atoms with E-state index in [1.165, 1.54) is 0 Å². The molecule has 8 heteroatoms. The molecule has 116 valence electrons. The zero-order valence-electron chi connectivity index (χ0n) is 11.7. The number of hydrogen-bond donors (Lipinski definition) is 1. The van der Waals surface area contributed by atoms with Crippen LogP contribution in [0, 0.1) is 5.41 Å². The number of amides is 1. The summed E-state index contributed by atoms with van der Waals surface area (Å²) in [6.45, 7) is 4.46. The monoisotopic (exact) mass is 342 g/mol. The second-order valence-corrected chi connectivity index (χ2v) is 9.33. The van der Waals surface area contributed by atoms with Gasteiger partial charge in [0.2, 0.25) is 15.9 Å². The van der Waals surface area contributed by atoms with Crippen LogP contribution in [0.25, 0.3) is 0 Å². The van der Waals surface area contributed by atoms with Gasteiger partial charge in [0.15, 0.2) is 0 Å². The average Bonchev–Trinajstić information content (AvgIpc) is 2.89. The molecule has 0 aromatic carbocycles. The first-order valence-corrected chi connectivity index (χ1v) is 9.19. The van der Waals surface area contributed by atoms with Crippen molar-refractivity contribution in [2.45, 2.75) is 43.5 Å². The van der Waals surface area contributed by atoms with E-state index in [1.807, 2.05) is 0 Å². The molecule has 1 amide bonds. The van der Waals surface area contributed by atoms with Crippen LogP contribution in [0.3, 0.4) is 0 Å². The van der Waals surface area contributed by atoms with Crippen LogP contribution in [-0.2, 0) is 14.8 Å². The molecule has 0 aromatic rings. The topological polar surface area (TPSA) is 66.5 Å². The highest BCUT2D eigenvalue weighted by Gasteiger charge is 2.68. The first-order chi connectivity index (χ1) is 9.11. The quantitative estimate of drug-likeness (QED) is 0.787. The minimum Gasteiger partial charge on any atom is -0.342 e. The SMILES string of the molecule is CCS(=O)(=O)NC1CCN(C(=O)[C@@]2(C)CC2(Cl)Cl)CC1. The molecule has 2 rings (SSSR count). The van der Waals surface area contributed by atoms with Crippen LogP contribution in [0.4, 0.5) is 0 Å². The second-order valence-electron chi connectivity index (χ2n) is 5.80. The molecule has 0 unspecified atom stereocenters. The van der Waals surface area contributed by atoms with Gasteiger partial charge in [-0.2, -0.15) is 0 Å². The van der Waals surface area contributed by atoms with Gasteiger partial charge in [0, 0.05) is 19.1 Å². The lowest BCUT2D eigenvalue weighted by Gasteiger charge is -2.34. The highest BCUT2D eigenvalue weighted by molar-refractivity contribution is 7.89. The highest BCUT2D eigenvalue weighted by atomic mass is 35.5. The van der Waals surface area contributed by atoms with E-state index >= 15 is 0 Å². The molecule has 2 fully saturated rings. The summed E-state index contributed by atoms with van der Waals surface area (Å²) in [4.78, 5) is 14.1. The lowest BCUT2D eigenvalue weighted by molar-refractivity contribution is -0.137. The summed E-state index contributed by atoms with van der Waals surface area (Å²) in [5, 5.41) is 0. The van der Waals surface area contributed by atoms with Gasteiger partial charge in [-0.1, -0.05) is 0 Å². The maximum Gasteiger partial charge on any atom is 0.231 e. The van der Waals surface area contributed by atoms with Gasteiger partial charge < -0.3 is 4.90 Å². The Labute approximate surface area is 130 Å². The fourth-order valence-electron chi connectivity index (χ4n) is 2.52. The molecule has 0 aromatic heterocycles. The first kappa shape index (κ1) is 16.3. The van der Waals surface area contributed by atoms with Crippen molar-refractivity contribution in [2.75, 3.05) is 18.8 Å². The summed E-state index contributed by atoms with van der Waals surface area (Å²) in [7, 11) is -3.19. The smallest absolute Gasteiger partial charge is 0.231 e. The third kappa shape index (κ3) is 3.08. The van der Waals surface area contributed by atoms with Gasteiger partial charge in [0.05, 0.1) is 11.2 Å². The summed E-state index contributed by atoms with van der Waals surface area (Å²) in [5.74, 6) is 0.0462. The minimum atomic E-state index is -3.19. The van der Waals surface area contributed by atoms with Crippen molar-refractivity contribution in [3.8, 4) is 0 Å². The normalized spacial score (nSPS) is 30.3. The number of likely N-dealkylation sites (tertiary alicyclic amines) is 1. The Kier molecular flexibility index (Phi) is 4.33. The van der Waals surface area contributed by atoms with E-state index in [0.717, 1.165) is 0 Å². The highest BCUT2D eigenvalue weighted by Crippen LogP contribution is 2.64. The lowest BCUT2D eigenvalue weighted by Crippen LogP contribution is -2.49. The first-order valence-electron chi connectivity index (χ1n) is 6.78. The molecular weight excluding hydrogens is 323 g/mol. The summed E-state index contributed by atoms with van der Waals surface area (Å²) in [6, 6.07) is -0.0900. The predicted molar refractivity (Wildman–Crippen MR) is 79.4 cm³/mol. The molecule has 2 aliphatic rings. The van der Waals surface area contributed by atoms with Gasteiger partial charge in [-0.05, 0) is 33.1 Å². The van der Waals surface area contributed by atoms with Crippen molar-refractivity contribution in [2.24, 2.45) is 5.41 Å². The number of carbonyl (C=O) groups is 1. The largest absolute Gasteiger partial charge is 0.342 e. The van der Waals surface area contributed by atoms with Crippen molar-refractivity contribution in [1.29, 1.82) is 0 Å². The Hall–Kier alpha value is -0.0400. The molecule has 1 aliphatic carbocycles.